The van der Waals surface area contributed by atoms with Crippen molar-refractivity contribution >= 4 is 0 Å². The summed E-state index contributed by atoms with van der Waals surface area (Å²) in [6, 6.07) is 0.401. The van der Waals surface area contributed by atoms with E-state index in [1.54, 1.807) is 7.11 Å². The number of hydrogen-bond donors (Lipinski definition) is 0. The van der Waals surface area contributed by atoms with Gasteiger partial charge in [0.2, 0.25) is 5.88 Å². The van der Waals surface area contributed by atoms with Crippen molar-refractivity contribution < 1.29 is 4.74 Å². The third-order valence-corrected chi connectivity index (χ3v) is 1.59. The molecule has 1 aromatic heterocycles. The summed E-state index contributed by atoms with van der Waals surface area (Å²) < 4.78 is 6.94. The topological polar surface area (TPSA) is 27.1 Å². The van der Waals surface area contributed by atoms with Gasteiger partial charge in [-0.3, -0.25) is 4.68 Å². The zero-order valence-electron chi connectivity index (χ0n) is 7.46. The van der Waals surface area contributed by atoms with Gasteiger partial charge in [-0.15, -0.1) is 5.10 Å². The summed E-state index contributed by atoms with van der Waals surface area (Å²) in [5.74, 6) is 0.721. The molecular weight excluding hydrogens is 140 g/mol. The van der Waals surface area contributed by atoms with Gasteiger partial charge in [-0.25, -0.2) is 0 Å². The molecule has 11 heavy (non-hydrogen) atoms. The molecule has 1 aromatic rings. The first-order valence-corrected chi connectivity index (χ1v) is 3.75. The van der Waals surface area contributed by atoms with Gasteiger partial charge in [0, 0.05) is 17.8 Å². The minimum atomic E-state index is 0.401. The molecule has 62 valence electrons. The van der Waals surface area contributed by atoms with Gasteiger partial charge < -0.3 is 4.74 Å². The lowest BCUT2D eigenvalue weighted by Crippen LogP contribution is -2.00. The highest BCUT2D eigenvalue weighted by molar-refractivity contribution is 5.20. The molecular formula is C8H14N2O. The number of aromatic nitrogens is 2. The van der Waals surface area contributed by atoms with E-state index in [1.165, 1.54) is 0 Å². The monoisotopic (exact) mass is 154 g/mol. The van der Waals surface area contributed by atoms with Crippen LogP contribution in [0.15, 0.2) is 6.20 Å². The molecule has 0 aliphatic rings. The fraction of sp³-hybridized carbons (Fsp3) is 0.625. The van der Waals surface area contributed by atoms with Crippen molar-refractivity contribution in [3.05, 3.63) is 11.8 Å². The maximum atomic E-state index is 5.04. The van der Waals surface area contributed by atoms with Crippen molar-refractivity contribution in [2.24, 2.45) is 0 Å². The van der Waals surface area contributed by atoms with Gasteiger partial charge >= 0.3 is 0 Å². The van der Waals surface area contributed by atoms with Crippen LogP contribution in [0, 0.1) is 6.92 Å². The smallest absolute Gasteiger partial charge is 0.235 e. The number of rotatable bonds is 2. The predicted molar refractivity (Wildman–Crippen MR) is 43.9 cm³/mol. The summed E-state index contributed by atoms with van der Waals surface area (Å²) >= 11 is 0. The molecule has 3 nitrogen and oxygen atoms in total. The van der Waals surface area contributed by atoms with E-state index < -0.39 is 0 Å². The van der Waals surface area contributed by atoms with Gasteiger partial charge in [0.1, 0.15) is 0 Å². The standard InChI is InChI=1S/C8H14N2O/c1-6(2)10-5-7(3)8(9-10)11-4/h5-6H,1-4H3. The fourth-order valence-corrected chi connectivity index (χ4v) is 0.933. The molecule has 0 N–H and O–H groups in total. The van der Waals surface area contributed by atoms with Gasteiger partial charge in [0.15, 0.2) is 0 Å². The van der Waals surface area contributed by atoms with Crippen molar-refractivity contribution in [3.8, 4) is 5.88 Å². The summed E-state index contributed by atoms with van der Waals surface area (Å²) in [6.45, 7) is 6.17. The molecule has 0 unspecified atom stereocenters. The Labute approximate surface area is 67.0 Å². The molecule has 0 aliphatic carbocycles. The van der Waals surface area contributed by atoms with E-state index in [4.69, 9.17) is 4.74 Å². The maximum absolute atomic E-state index is 5.04. The van der Waals surface area contributed by atoms with Crippen LogP contribution in [0.2, 0.25) is 0 Å². The van der Waals surface area contributed by atoms with Gasteiger partial charge in [0.05, 0.1) is 7.11 Å². The molecule has 0 aromatic carbocycles. The van der Waals surface area contributed by atoms with Crippen LogP contribution in [-0.2, 0) is 0 Å². The number of aryl methyl sites for hydroxylation is 1. The second-order valence-corrected chi connectivity index (χ2v) is 2.90. The van der Waals surface area contributed by atoms with Crippen LogP contribution in [0.1, 0.15) is 25.5 Å². The molecule has 0 radical (unpaired) electrons. The van der Waals surface area contributed by atoms with Crippen molar-refractivity contribution in [1.82, 2.24) is 9.78 Å². The molecule has 0 spiro atoms. The SMILES string of the molecule is COc1nn(C(C)C)cc1C. The minimum Gasteiger partial charge on any atom is -0.480 e. The lowest BCUT2D eigenvalue weighted by Gasteiger charge is -2.02. The summed E-state index contributed by atoms with van der Waals surface area (Å²) in [5.41, 5.74) is 1.08. The van der Waals surface area contributed by atoms with E-state index in [9.17, 15) is 0 Å². The Bertz CT molecular complexity index is 240. The largest absolute Gasteiger partial charge is 0.480 e. The van der Waals surface area contributed by atoms with Crippen LogP contribution in [0.4, 0.5) is 0 Å². The van der Waals surface area contributed by atoms with Crippen LogP contribution in [-0.4, -0.2) is 16.9 Å². The highest BCUT2D eigenvalue weighted by atomic mass is 16.5. The molecule has 0 fully saturated rings. The third kappa shape index (κ3) is 1.53. The van der Waals surface area contributed by atoms with E-state index in [0.29, 0.717) is 6.04 Å². The maximum Gasteiger partial charge on any atom is 0.235 e. The summed E-state index contributed by atoms with van der Waals surface area (Å²) in [6.07, 6.45) is 1.99. The zero-order valence-corrected chi connectivity index (χ0v) is 7.46. The van der Waals surface area contributed by atoms with Gasteiger partial charge in [-0.1, -0.05) is 0 Å². The van der Waals surface area contributed by atoms with Crippen LogP contribution in [0.25, 0.3) is 0 Å². The third-order valence-electron chi connectivity index (χ3n) is 1.59. The van der Waals surface area contributed by atoms with Gasteiger partial charge in [-0.05, 0) is 20.8 Å². The molecule has 0 amide bonds. The summed E-state index contributed by atoms with van der Waals surface area (Å²) in [4.78, 5) is 0. The van der Waals surface area contributed by atoms with Crippen molar-refractivity contribution in [3.63, 3.8) is 0 Å². The Morgan fingerprint density at radius 2 is 2.18 bits per heavy atom. The van der Waals surface area contributed by atoms with E-state index in [0.717, 1.165) is 11.4 Å². The molecule has 0 saturated carbocycles. The van der Waals surface area contributed by atoms with Crippen LogP contribution < -0.4 is 4.74 Å². The first-order chi connectivity index (χ1) is 5.15. The van der Waals surface area contributed by atoms with Crippen LogP contribution in [0.3, 0.4) is 0 Å². The van der Waals surface area contributed by atoms with Gasteiger partial charge in [-0.2, -0.15) is 0 Å². The number of ether oxygens (including phenoxy) is 1. The minimum absolute atomic E-state index is 0.401. The highest BCUT2D eigenvalue weighted by Crippen LogP contribution is 2.15. The Morgan fingerprint density at radius 3 is 2.45 bits per heavy atom. The molecule has 0 atom stereocenters. The molecule has 0 aliphatic heterocycles. The summed E-state index contributed by atoms with van der Waals surface area (Å²) in [5, 5.41) is 4.22. The normalized spacial score (nSPS) is 10.6. The van der Waals surface area contributed by atoms with Crippen molar-refractivity contribution in [2.75, 3.05) is 7.11 Å². The molecule has 1 heterocycles. The lowest BCUT2D eigenvalue weighted by atomic mass is 10.4. The Morgan fingerprint density at radius 1 is 1.55 bits per heavy atom. The Hall–Kier alpha value is -0.990. The highest BCUT2D eigenvalue weighted by Gasteiger charge is 2.05. The predicted octanol–water partition coefficient (Wildman–Crippen LogP) is 1.78. The zero-order chi connectivity index (χ0) is 8.43. The second-order valence-electron chi connectivity index (χ2n) is 2.90. The van der Waals surface area contributed by atoms with Gasteiger partial charge in [0.25, 0.3) is 0 Å². The second kappa shape index (κ2) is 2.95. The molecule has 0 bridgehead atoms. The first-order valence-electron chi connectivity index (χ1n) is 3.75. The average molecular weight is 154 g/mol. The number of hydrogen-bond acceptors (Lipinski definition) is 2. The molecule has 3 heteroatoms. The Kier molecular flexibility index (Phi) is 2.17. The Balaban J connectivity index is 2.95. The quantitative estimate of drug-likeness (QED) is 0.649. The number of nitrogens with zero attached hydrogens (tertiary/aromatic N) is 2. The van der Waals surface area contributed by atoms with E-state index in [-0.39, 0.29) is 0 Å². The lowest BCUT2D eigenvalue weighted by molar-refractivity contribution is 0.381. The van der Waals surface area contributed by atoms with E-state index >= 15 is 0 Å². The summed E-state index contributed by atoms with van der Waals surface area (Å²) in [7, 11) is 1.64. The van der Waals surface area contributed by atoms with Crippen molar-refractivity contribution in [2.45, 2.75) is 26.8 Å². The molecule has 0 saturated heterocycles. The van der Waals surface area contributed by atoms with Crippen LogP contribution >= 0.6 is 0 Å². The first kappa shape index (κ1) is 8.11. The molecule has 1 rings (SSSR count). The van der Waals surface area contributed by atoms with Crippen LogP contribution in [0.5, 0.6) is 5.88 Å². The van der Waals surface area contributed by atoms with E-state index in [2.05, 4.69) is 18.9 Å². The van der Waals surface area contributed by atoms with E-state index in [1.807, 2.05) is 17.8 Å². The fourth-order valence-electron chi connectivity index (χ4n) is 0.933. The number of methoxy groups -OCH3 is 1. The average Bonchev–Trinajstić information content (AvgIpc) is 2.31. The van der Waals surface area contributed by atoms with Crippen molar-refractivity contribution in [1.29, 1.82) is 0 Å².